The van der Waals surface area contributed by atoms with Crippen molar-refractivity contribution in [1.29, 1.82) is 0 Å². The summed E-state index contributed by atoms with van der Waals surface area (Å²) < 4.78 is 31.0. The van der Waals surface area contributed by atoms with E-state index in [0.717, 1.165) is 26.9 Å². The van der Waals surface area contributed by atoms with Crippen molar-refractivity contribution < 1.29 is 17.9 Å². The SMILES string of the molecule is CCOc1ccc(N(CC(=O)NCc2cccc3ccccc23)S(C)(=O)=O)cc1. The number of hydrogen-bond donors (Lipinski definition) is 1. The van der Waals surface area contributed by atoms with Crippen LogP contribution in [0.25, 0.3) is 10.8 Å². The van der Waals surface area contributed by atoms with Crippen LogP contribution >= 0.6 is 0 Å². The number of anilines is 1. The molecule has 3 aromatic rings. The highest BCUT2D eigenvalue weighted by atomic mass is 32.2. The molecule has 6 nitrogen and oxygen atoms in total. The van der Waals surface area contributed by atoms with Gasteiger partial charge in [-0.3, -0.25) is 9.10 Å². The Morgan fingerprint density at radius 1 is 1.00 bits per heavy atom. The summed E-state index contributed by atoms with van der Waals surface area (Å²) in [4.78, 5) is 12.5. The van der Waals surface area contributed by atoms with Crippen molar-refractivity contribution in [1.82, 2.24) is 5.32 Å². The maximum absolute atomic E-state index is 12.5. The largest absolute Gasteiger partial charge is 0.494 e. The summed E-state index contributed by atoms with van der Waals surface area (Å²) >= 11 is 0. The van der Waals surface area contributed by atoms with Gasteiger partial charge in [-0.15, -0.1) is 0 Å². The Bertz CT molecular complexity index is 1090. The Hall–Kier alpha value is -3.06. The molecule has 0 radical (unpaired) electrons. The van der Waals surface area contributed by atoms with Crippen LogP contribution in [0.15, 0.2) is 66.7 Å². The topological polar surface area (TPSA) is 75.7 Å². The summed E-state index contributed by atoms with van der Waals surface area (Å²) in [6, 6.07) is 20.5. The minimum Gasteiger partial charge on any atom is -0.494 e. The summed E-state index contributed by atoms with van der Waals surface area (Å²) in [6.45, 7) is 2.42. The lowest BCUT2D eigenvalue weighted by Crippen LogP contribution is -2.40. The van der Waals surface area contributed by atoms with E-state index in [1.54, 1.807) is 24.3 Å². The molecule has 7 heteroatoms. The Morgan fingerprint density at radius 3 is 2.38 bits per heavy atom. The number of nitrogens with zero attached hydrogens (tertiary/aromatic N) is 1. The summed E-state index contributed by atoms with van der Waals surface area (Å²) in [5, 5.41) is 4.97. The number of carbonyl (C=O) groups excluding carboxylic acids is 1. The molecule has 29 heavy (non-hydrogen) atoms. The van der Waals surface area contributed by atoms with E-state index in [1.807, 2.05) is 49.4 Å². The molecule has 0 aliphatic carbocycles. The molecule has 1 amide bonds. The smallest absolute Gasteiger partial charge is 0.241 e. The number of fused-ring (bicyclic) bond motifs is 1. The van der Waals surface area contributed by atoms with E-state index >= 15 is 0 Å². The molecule has 3 aromatic carbocycles. The number of carbonyl (C=O) groups is 1. The lowest BCUT2D eigenvalue weighted by molar-refractivity contribution is -0.119. The Morgan fingerprint density at radius 2 is 1.69 bits per heavy atom. The molecule has 0 aliphatic heterocycles. The zero-order valence-corrected chi connectivity index (χ0v) is 17.3. The van der Waals surface area contributed by atoms with Gasteiger partial charge in [0.2, 0.25) is 15.9 Å². The standard InChI is InChI=1S/C22H24N2O4S/c1-3-28-20-13-11-19(12-14-20)24(29(2,26)27)16-22(25)23-15-18-9-6-8-17-7-4-5-10-21(17)18/h4-14H,3,15-16H2,1-2H3,(H,23,25). The summed E-state index contributed by atoms with van der Waals surface area (Å²) in [6.07, 6.45) is 1.08. The number of amides is 1. The lowest BCUT2D eigenvalue weighted by atomic mass is 10.0. The van der Waals surface area contributed by atoms with Crippen molar-refractivity contribution in [3.8, 4) is 5.75 Å². The summed E-state index contributed by atoms with van der Waals surface area (Å²) in [5.41, 5.74) is 1.39. The second-order valence-corrected chi connectivity index (χ2v) is 8.52. The molecule has 0 heterocycles. The number of hydrogen-bond acceptors (Lipinski definition) is 4. The van der Waals surface area contributed by atoms with E-state index in [0.29, 0.717) is 24.6 Å². The zero-order valence-electron chi connectivity index (χ0n) is 16.5. The van der Waals surface area contributed by atoms with Gasteiger partial charge in [0.05, 0.1) is 18.6 Å². The normalized spacial score (nSPS) is 11.2. The second kappa shape index (κ2) is 8.96. The van der Waals surface area contributed by atoms with E-state index in [1.165, 1.54) is 0 Å². The molecular weight excluding hydrogens is 388 g/mol. The molecule has 0 saturated carbocycles. The van der Waals surface area contributed by atoms with Crippen molar-refractivity contribution in [3.63, 3.8) is 0 Å². The van der Waals surface area contributed by atoms with E-state index < -0.39 is 10.0 Å². The van der Waals surface area contributed by atoms with Crippen molar-refractivity contribution in [3.05, 3.63) is 72.3 Å². The predicted octanol–water partition coefficient (Wildman–Crippen LogP) is 3.32. The van der Waals surface area contributed by atoms with Crippen LogP contribution in [-0.4, -0.2) is 33.7 Å². The van der Waals surface area contributed by atoms with Crippen LogP contribution in [-0.2, 0) is 21.4 Å². The third kappa shape index (κ3) is 5.26. The Kier molecular flexibility index (Phi) is 6.39. The van der Waals surface area contributed by atoms with Gasteiger partial charge < -0.3 is 10.1 Å². The van der Waals surface area contributed by atoms with E-state index in [9.17, 15) is 13.2 Å². The Balaban J connectivity index is 1.72. The highest BCUT2D eigenvalue weighted by Crippen LogP contribution is 2.22. The number of benzene rings is 3. The predicted molar refractivity (Wildman–Crippen MR) is 116 cm³/mol. The fraction of sp³-hybridized carbons (Fsp3) is 0.227. The van der Waals surface area contributed by atoms with Gasteiger partial charge >= 0.3 is 0 Å². The molecule has 0 fully saturated rings. The minimum absolute atomic E-state index is 0.294. The number of sulfonamides is 1. The first-order chi connectivity index (χ1) is 13.9. The molecular formula is C22H24N2O4S. The fourth-order valence-electron chi connectivity index (χ4n) is 3.10. The van der Waals surface area contributed by atoms with Gasteiger partial charge in [-0.25, -0.2) is 8.42 Å². The van der Waals surface area contributed by atoms with Gasteiger partial charge in [-0.2, -0.15) is 0 Å². The summed E-state index contributed by atoms with van der Waals surface area (Å²) in [5.74, 6) is 0.266. The second-order valence-electron chi connectivity index (χ2n) is 6.61. The molecule has 0 aliphatic rings. The third-order valence-corrected chi connectivity index (χ3v) is 5.62. The molecule has 0 saturated heterocycles. The van der Waals surface area contributed by atoms with Crippen LogP contribution in [0, 0.1) is 0 Å². The van der Waals surface area contributed by atoms with Crippen molar-refractivity contribution in [2.24, 2.45) is 0 Å². The molecule has 0 atom stereocenters. The first-order valence-corrected chi connectivity index (χ1v) is 11.2. The van der Waals surface area contributed by atoms with Crippen LogP contribution in [0.5, 0.6) is 5.75 Å². The molecule has 3 rings (SSSR count). The van der Waals surface area contributed by atoms with E-state index in [2.05, 4.69) is 5.32 Å². The summed E-state index contributed by atoms with van der Waals surface area (Å²) in [7, 11) is -3.62. The van der Waals surface area contributed by atoms with Crippen LogP contribution in [0.3, 0.4) is 0 Å². The molecule has 0 aromatic heterocycles. The highest BCUT2D eigenvalue weighted by molar-refractivity contribution is 7.92. The Labute approximate surface area is 171 Å². The fourth-order valence-corrected chi connectivity index (χ4v) is 3.96. The quantitative estimate of drug-likeness (QED) is 0.616. The molecule has 0 spiro atoms. The van der Waals surface area contributed by atoms with Crippen LogP contribution < -0.4 is 14.4 Å². The van der Waals surface area contributed by atoms with Crippen LogP contribution in [0.4, 0.5) is 5.69 Å². The maximum atomic E-state index is 12.5. The minimum atomic E-state index is -3.62. The third-order valence-electron chi connectivity index (χ3n) is 4.48. The van der Waals surface area contributed by atoms with Crippen molar-refractivity contribution in [2.75, 3.05) is 23.7 Å². The molecule has 0 bridgehead atoms. The van der Waals surface area contributed by atoms with Crippen molar-refractivity contribution >= 4 is 32.4 Å². The molecule has 152 valence electrons. The first-order valence-electron chi connectivity index (χ1n) is 9.32. The van der Waals surface area contributed by atoms with Crippen LogP contribution in [0.1, 0.15) is 12.5 Å². The molecule has 0 unspecified atom stereocenters. The van der Waals surface area contributed by atoms with Crippen molar-refractivity contribution in [2.45, 2.75) is 13.5 Å². The zero-order chi connectivity index (χ0) is 20.9. The van der Waals surface area contributed by atoms with Gasteiger partial charge in [0, 0.05) is 6.54 Å². The average Bonchev–Trinajstić information content (AvgIpc) is 2.70. The first kappa shape index (κ1) is 20.7. The van der Waals surface area contributed by atoms with Crippen LogP contribution in [0.2, 0.25) is 0 Å². The van der Waals surface area contributed by atoms with Gasteiger partial charge in [-0.05, 0) is 47.5 Å². The van der Waals surface area contributed by atoms with Gasteiger partial charge in [0.1, 0.15) is 12.3 Å². The van der Waals surface area contributed by atoms with E-state index in [4.69, 9.17) is 4.74 Å². The number of ether oxygens (including phenoxy) is 1. The van der Waals surface area contributed by atoms with Gasteiger partial charge in [0.15, 0.2) is 0 Å². The molecule has 1 N–H and O–H groups in total. The maximum Gasteiger partial charge on any atom is 0.241 e. The number of nitrogens with one attached hydrogen (secondary N) is 1. The number of rotatable bonds is 8. The van der Waals surface area contributed by atoms with Gasteiger partial charge in [0.25, 0.3) is 0 Å². The van der Waals surface area contributed by atoms with E-state index in [-0.39, 0.29) is 12.5 Å². The average molecular weight is 413 g/mol. The lowest BCUT2D eigenvalue weighted by Gasteiger charge is -2.22. The highest BCUT2D eigenvalue weighted by Gasteiger charge is 2.21. The monoisotopic (exact) mass is 412 g/mol. The van der Waals surface area contributed by atoms with Gasteiger partial charge in [-0.1, -0.05) is 42.5 Å².